The molecule has 128 valence electrons. The summed E-state index contributed by atoms with van der Waals surface area (Å²) in [6, 6.07) is 5.09. The molecule has 1 aromatic heterocycles. The van der Waals surface area contributed by atoms with Crippen LogP contribution in [-0.4, -0.2) is 21.1 Å². The number of rotatable bonds is 3. The molecular weight excluding hydrogens is 339 g/mol. The summed E-state index contributed by atoms with van der Waals surface area (Å²) in [6.45, 7) is 3.72. The standard InChI is InChI=1S/C15H16F3N5S/c1-9-11(10(2)23(3)22-9)8-19-21-14(24)20-13-7-5-4-6-12(13)15(16,17)18/h4-8H,1-3H3,(H2,20,21,24)/b19-8+. The molecule has 0 amide bonds. The molecular formula is C15H16F3N5S. The van der Waals surface area contributed by atoms with Crippen LogP contribution in [0.2, 0.25) is 0 Å². The summed E-state index contributed by atoms with van der Waals surface area (Å²) in [5.74, 6) is 0. The lowest BCUT2D eigenvalue weighted by molar-refractivity contribution is -0.136. The van der Waals surface area contributed by atoms with E-state index in [0.29, 0.717) is 0 Å². The average molecular weight is 355 g/mol. The summed E-state index contributed by atoms with van der Waals surface area (Å²) in [6.07, 6.45) is -2.94. The third-order valence-electron chi connectivity index (χ3n) is 3.41. The summed E-state index contributed by atoms with van der Waals surface area (Å²) in [4.78, 5) is 0. The van der Waals surface area contributed by atoms with Crippen LogP contribution in [0.15, 0.2) is 29.4 Å². The van der Waals surface area contributed by atoms with Crippen LogP contribution in [0, 0.1) is 13.8 Å². The Bertz CT molecular complexity index is 780. The smallest absolute Gasteiger partial charge is 0.331 e. The van der Waals surface area contributed by atoms with Gasteiger partial charge in [-0.2, -0.15) is 23.4 Å². The fraction of sp³-hybridized carbons (Fsp3) is 0.267. The van der Waals surface area contributed by atoms with Crippen molar-refractivity contribution in [2.75, 3.05) is 5.32 Å². The highest BCUT2D eigenvalue weighted by Gasteiger charge is 2.33. The van der Waals surface area contributed by atoms with E-state index in [1.165, 1.54) is 24.4 Å². The van der Waals surface area contributed by atoms with Crippen molar-refractivity contribution in [3.8, 4) is 0 Å². The molecule has 0 aliphatic carbocycles. The average Bonchev–Trinajstić information content (AvgIpc) is 2.73. The molecule has 5 nitrogen and oxygen atoms in total. The number of halogens is 3. The Labute approximate surface area is 142 Å². The van der Waals surface area contributed by atoms with Crippen molar-refractivity contribution in [3.05, 3.63) is 46.8 Å². The van der Waals surface area contributed by atoms with Crippen LogP contribution >= 0.6 is 12.2 Å². The van der Waals surface area contributed by atoms with Gasteiger partial charge in [0, 0.05) is 18.3 Å². The van der Waals surface area contributed by atoms with Gasteiger partial charge in [-0.1, -0.05) is 12.1 Å². The Balaban J connectivity index is 2.06. The molecule has 0 radical (unpaired) electrons. The third kappa shape index (κ3) is 4.10. The fourth-order valence-corrected chi connectivity index (χ4v) is 2.28. The van der Waals surface area contributed by atoms with Crippen LogP contribution in [0.5, 0.6) is 0 Å². The number of nitrogens with one attached hydrogen (secondary N) is 2. The fourth-order valence-electron chi connectivity index (χ4n) is 2.12. The van der Waals surface area contributed by atoms with Gasteiger partial charge < -0.3 is 5.32 Å². The summed E-state index contributed by atoms with van der Waals surface area (Å²) in [7, 11) is 1.81. The highest BCUT2D eigenvalue weighted by Crippen LogP contribution is 2.34. The number of nitrogens with zero attached hydrogens (tertiary/aromatic N) is 3. The van der Waals surface area contributed by atoms with Gasteiger partial charge in [0.1, 0.15) is 0 Å². The third-order valence-corrected chi connectivity index (χ3v) is 3.60. The molecule has 1 heterocycles. The van der Waals surface area contributed by atoms with Gasteiger partial charge in [-0.15, -0.1) is 0 Å². The van der Waals surface area contributed by atoms with Gasteiger partial charge in [-0.3, -0.25) is 10.1 Å². The lowest BCUT2D eigenvalue weighted by atomic mass is 10.2. The van der Waals surface area contributed by atoms with E-state index in [1.54, 1.807) is 4.68 Å². The molecule has 0 aliphatic rings. The maximum Gasteiger partial charge on any atom is 0.418 e. The molecule has 0 bridgehead atoms. The minimum atomic E-state index is -4.47. The molecule has 2 aromatic rings. The Morgan fingerprint density at radius 1 is 1.29 bits per heavy atom. The van der Waals surface area contributed by atoms with Crippen LogP contribution in [0.1, 0.15) is 22.5 Å². The number of anilines is 1. The first kappa shape index (κ1) is 17.9. The monoisotopic (exact) mass is 355 g/mol. The zero-order valence-corrected chi connectivity index (χ0v) is 14.1. The number of hydrazone groups is 1. The predicted molar refractivity (Wildman–Crippen MR) is 91.1 cm³/mol. The van der Waals surface area contributed by atoms with Gasteiger partial charge in [0.2, 0.25) is 0 Å². The number of aromatic nitrogens is 2. The summed E-state index contributed by atoms with van der Waals surface area (Å²) in [5.41, 5.74) is 4.11. The summed E-state index contributed by atoms with van der Waals surface area (Å²) in [5, 5.41) is 10.7. The lowest BCUT2D eigenvalue weighted by Crippen LogP contribution is -2.25. The number of thiocarbonyl (C=S) groups is 1. The normalized spacial score (nSPS) is 11.8. The van der Waals surface area contributed by atoms with Crippen LogP contribution in [0.3, 0.4) is 0 Å². The summed E-state index contributed by atoms with van der Waals surface area (Å²) < 4.78 is 40.5. The van der Waals surface area contributed by atoms with E-state index in [1.807, 2.05) is 20.9 Å². The van der Waals surface area contributed by atoms with Crippen LogP contribution < -0.4 is 10.7 Å². The number of hydrogen-bond acceptors (Lipinski definition) is 3. The maximum absolute atomic E-state index is 12.9. The van der Waals surface area contributed by atoms with E-state index < -0.39 is 11.7 Å². The Hall–Kier alpha value is -2.42. The number of para-hydroxylation sites is 1. The zero-order chi connectivity index (χ0) is 17.9. The second-order valence-corrected chi connectivity index (χ2v) is 5.48. The van der Waals surface area contributed by atoms with Gasteiger partial charge in [-0.05, 0) is 38.2 Å². The van der Waals surface area contributed by atoms with Crippen LogP contribution in [-0.2, 0) is 13.2 Å². The van der Waals surface area contributed by atoms with E-state index in [0.717, 1.165) is 23.0 Å². The van der Waals surface area contributed by atoms with Crippen molar-refractivity contribution in [3.63, 3.8) is 0 Å². The molecule has 2 rings (SSSR count). The molecule has 1 aromatic carbocycles. The highest BCUT2D eigenvalue weighted by molar-refractivity contribution is 7.80. The van der Waals surface area contributed by atoms with Crippen molar-refractivity contribution in [1.29, 1.82) is 0 Å². The topological polar surface area (TPSA) is 54.2 Å². The van der Waals surface area contributed by atoms with Gasteiger partial charge in [-0.25, -0.2) is 0 Å². The van der Waals surface area contributed by atoms with Gasteiger partial charge >= 0.3 is 6.18 Å². The maximum atomic E-state index is 12.9. The van der Waals surface area contributed by atoms with Gasteiger partial charge in [0.15, 0.2) is 5.11 Å². The minimum Gasteiger partial charge on any atom is -0.331 e. The Morgan fingerprint density at radius 2 is 1.96 bits per heavy atom. The molecule has 0 aliphatic heterocycles. The second kappa shape index (κ2) is 7.00. The second-order valence-electron chi connectivity index (χ2n) is 5.08. The molecule has 2 N–H and O–H groups in total. The van der Waals surface area contributed by atoms with Crippen molar-refractivity contribution in [2.45, 2.75) is 20.0 Å². The van der Waals surface area contributed by atoms with Crippen molar-refractivity contribution in [1.82, 2.24) is 15.2 Å². The zero-order valence-electron chi connectivity index (χ0n) is 13.3. The van der Waals surface area contributed by atoms with Crippen molar-refractivity contribution < 1.29 is 13.2 Å². The molecule has 0 spiro atoms. The number of hydrogen-bond donors (Lipinski definition) is 2. The Morgan fingerprint density at radius 3 is 2.54 bits per heavy atom. The first-order valence-corrected chi connectivity index (χ1v) is 7.37. The largest absolute Gasteiger partial charge is 0.418 e. The van der Waals surface area contributed by atoms with Gasteiger partial charge in [0.05, 0.1) is 23.2 Å². The molecule has 0 unspecified atom stereocenters. The molecule has 0 fully saturated rings. The Kier molecular flexibility index (Phi) is 5.23. The first-order valence-electron chi connectivity index (χ1n) is 6.96. The van der Waals surface area contributed by atoms with E-state index in [2.05, 4.69) is 20.9 Å². The van der Waals surface area contributed by atoms with Gasteiger partial charge in [0.25, 0.3) is 0 Å². The van der Waals surface area contributed by atoms with E-state index in [-0.39, 0.29) is 10.8 Å². The number of alkyl halides is 3. The summed E-state index contributed by atoms with van der Waals surface area (Å²) >= 11 is 4.98. The van der Waals surface area contributed by atoms with E-state index in [4.69, 9.17) is 12.2 Å². The molecule has 24 heavy (non-hydrogen) atoms. The number of aryl methyl sites for hydroxylation is 2. The van der Waals surface area contributed by atoms with Crippen LogP contribution in [0.4, 0.5) is 18.9 Å². The first-order chi connectivity index (χ1) is 11.2. The van der Waals surface area contributed by atoms with E-state index in [9.17, 15) is 13.2 Å². The van der Waals surface area contributed by atoms with Crippen molar-refractivity contribution in [2.24, 2.45) is 12.1 Å². The van der Waals surface area contributed by atoms with Crippen molar-refractivity contribution >= 4 is 29.2 Å². The predicted octanol–water partition coefficient (Wildman–Crippen LogP) is 3.38. The number of benzene rings is 1. The van der Waals surface area contributed by atoms with E-state index >= 15 is 0 Å². The molecule has 0 saturated carbocycles. The lowest BCUT2D eigenvalue weighted by Gasteiger charge is -2.14. The highest BCUT2D eigenvalue weighted by atomic mass is 32.1. The molecule has 0 saturated heterocycles. The SMILES string of the molecule is Cc1nn(C)c(C)c1/C=N/NC(=S)Nc1ccccc1C(F)(F)F. The quantitative estimate of drug-likeness (QED) is 0.504. The van der Waals surface area contributed by atoms with Crippen LogP contribution in [0.25, 0.3) is 0 Å². The molecule has 9 heteroatoms. The minimum absolute atomic E-state index is 0.0397. The molecule has 0 atom stereocenters.